The average molecular weight is 154 g/mol. The highest BCUT2D eigenvalue weighted by atomic mass is 32.2. The van der Waals surface area contributed by atoms with Crippen molar-refractivity contribution in [3.8, 4) is 0 Å². The zero-order valence-electron chi connectivity index (χ0n) is 6.26. The Morgan fingerprint density at radius 3 is 1.12 bits per heavy atom. The van der Waals surface area contributed by atoms with E-state index in [1.807, 2.05) is 0 Å². The quantitative estimate of drug-likeness (QED) is 0.381. The van der Waals surface area contributed by atoms with Crippen LogP contribution in [0.25, 0.3) is 0 Å². The summed E-state index contributed by atoms with van der Waals surface area (Å²) in [5.41, 5.74) is 0. The van der Waals surface area contributed by atoms with E-state index in [4.69, 9.17) is 0 Å². The zero-order chi connectivity index (χ0) is 7.15. The van der Waals surface area contributed by atoms with Crippen LogP contribution in [0.4, 0.5) is 0 Å². The zero-order valence-corrected chi connectivity index (χ0v) is 7.97. The van der Waals surface area contributed by atoms with Gasteiger partial charge in [-0.25, -0.2) is 0 Å². The summed E-state index contributed by atoms with van der Waals surface area (Å²) < 4.78 is 9.56. The van der Waals surface area contributed by atoms with E-state index in [1.54, 1.807) is 12.5 Å². The molecule has 0 aromatic rings. The minimum Gasteiger partial charge on any atom is -0.617 e. The molecule has 0 heterocycles. The van der Waals surface area contributed by atoms with Crippen molar-refractivity contribution in [3.05, 3.63) is 0 Å². The Kier molecular flexibility index (Phi) is 11.2. The molecule has 0 amide bonds. The van der Waals surface area contributed by atoms with E-state index < -0.39 is 11.2 Å². The molecule has 0 aromatic carbocycles. The van der Waals surface area contributed by atoms with Gasteiger partial charge in [-0.1, -0.05) is 11.2 Å². The lowest BCUT2D eigenvalue weighted by atomic mass is 11.9. The number of rotatable bonds is 0. The highest BCUT2D eigenvalue weighted by Crippen LogP contribution is 2.14. The lowest BCUT2D eigenvalue weighted by Gasteiger charge is -1.87. The van der Waals surface area contributed by atoms with Crippen molar-refractivity contribution in [1.29, 1.82) is 0 Å². The molecule has 0 unspecified atom stereocenters. The Balaban J connectivity index is 0. The van der Waals surface area contributed by atoms with Crippen molar-refractivity contribution < 1.29 is 4.55 Å². The molecule has 0 saturated carbocycles. The van der Waals surface area contributed by atoms with Gasteiger partial charge in [0.25, 0.3) is 0 Å². The largest absolute Gasteiger partial charge is 0.617 e. The first-order valence-electron chi connectivity index (χ1n) is 2.32. The van der Waals surface area contributed by atoms with E-state index in [-0.39, 0.29) is 0 Å². The summed E-state index contributed by atoms with van der Waals surface area (Å²) in [7, 11) is 0.380. The SMILES string of the molecule is CP(C)C.C[S+](C)[O-]. The maximum atomic E-state index is 9.56. The monoisotopic (exact) mass is 154 g/mol. The van der Waals surface area contributed by atoms with E-state index in [2.05, 4.69) is 20.0 Å². The van der Waals surface area contributed by atoms with Crippen molar-refractivity contribution in [2.45, 2.75) is 0 Å². The molecule has 0 spiro atoms. The summed E-state index contributed by atoms with van der Waals surface area (Å²) in [6, 6.07) is 0. The third-order valence-corrected chi connectivity index (χ3v) is 0. The van der Waals surface area contributed by atoms with Crippen molar-refractivity contribution in [2.75, 3.05) is 32.5 Å². The van der Waals surface area contributed by atoms with E-state index >= 15 is 0 Å². The van der Waals surface area contributed by atoms with E-state index in [9.17, 15) is 4.55 Å². The minimum absolute atomic E-state index is 0.380. The lowest BCUT2D eigenvalue weighted by molar-refractivity contribution is 0.606. The van der Waals surface area contributed by atoms with Gasteiger partial charge >= 0.3 is 0 Å². The molecule has 0 aromatic heterocycles. The predicted octanol–water partition coefficient (Wildman–Crippen LogP) is 1.35. The van der Waals surface area contributed by atoms with Crippen LogP contribution < -0.4 is 0 Å². The first-order chi connectivity index (χ1) is 3.46. The van der Waals surface area contributed by atoms with Crippen LogP contribution in [-0.2, 0) is 11.2 Å². The fourth-order valence-corrected chi connectivity index (χ4v) is 0. The van der Waals surface area contributed by atoms with Crippen LogP contribution in [0.15, 0.2) is 0 Å². The van der Waals surface area contributed by atoms with E-state index in [1.165, 1.54) is 0 Å². The standard InChI is InChI=1S/C3H9P.C2H6OS/c2*1-4(2)3/h1-3H3;1-2H3. The maximum Gasteiger partial charge on any atom is 0.0946 e. The topological polar surface area (TPSA) is 23.1 Å². The van der Waals surface area contributed by atoms with Crippen LogP contribution in [-0.4, -0.2) is 37.1 Å². The van der Waals surface area contributed by atoms with Gasteiger partial charge in [0.2, 0.25) is 0 Å². The molecule has 0 aliphatic rings. The van der Waals surface area contributed by atoms with Crippen molar-refractivity contribution in [2.24, 2.45) is 0 Å². The van der Waals surface area contributed by atoms with Gasteiger partial charge in [-0.3, -0.25) is 0 Å². The molecule has 0 rings (SSSR count). The Bertz CT molecular complexity index is 27.9. The second-order valence-corrected chi connectivity index (χ2v) is 6.25. The normalized spacial score (nSPS) is 9.00. The fourth-order valence-electron chi connectivity index (χ4n) is 0. The van der Waals surface area contributed by atoms with Crippen LogP contribution >= 0.6 is 7.92 Å². The Hall–Kier alpha value is 0.740. The molecule has 0 bridgehead atoms. The number of hydrogen-bond acceptors (Lipinski definition) is 1. The van der Waals surface area contributed by atoms with Gasteiger partial charge in [0, 0.05) is 0 Å². The van der Waals surface area contributed by atoms with E-state index in [0.29, 0.717) is 7.92 Å². The summed E-state index contributed by atoms with van der Waals surface area (Å²) >= 11 is -0.611. The van der Waals surface area contributed by atoms with Gasteiger partial charge in [-0.2, -0.15) is 0 Å². The molecule has 3 heteroatoms. The summed E-state index contributed by atoms with van der Waals surface area (Å²) in [5, 5.41) is 0. The molecule has 0 fully saturated rings. The third-order valence-electron chi connectivity index (χ3n) is 0. The van der Waals surface area contributed by atoms with Crippen LogP contribution in [0.5, 0.6) is 0 Å². The minimum atomic E-state index is -0.611. The molecule has 0 N–H and O–H groups in total. The summed E-state index contributed by atoms with van der Waals surface area (Å²) in [4.78, 5) is 0. The molecule has 8 heavy (non-hydrogen) atoms. The third kappa shape index (κ3) is 406. The van der Waals surface area contributed by atoms with Crippen LogP contribution in [0.2, 0.25) is 0 Å². The van der Waals surface area contributed by atoms with Crippen LogP contribution in [0, 0.1) is 0 Å². The van der Waals surface area contributed by atoms with Gasteiger partial charge in [0.15, 0.2) is 0 Å². The lowest BCUT2D eigenvalue weighted by Crippen LogP contribution is -1.86. The predicted molar refractivity (Wildman–Crippen MR) is 44.7 cm³/mol. The Morgan fingerprint density at radius 2 is 1.12 bits per heavy atom. The first kappa shape index (κ1) is 11.5. The maximum absolute atomic E-state index is 9.56. The molecule has 0 saturated heterocycles. The second-order valence-electron chi connectivity index (χ2n) is 2.08. The molecule has 52 valence electrons. The highest BCUT2D eigenvalue weighted by Gasteiger charge is 1.66. The molecular formula is C5H15OPS. The fraction of sp³-hybridized carbons (Fsp3) is 1.00. The van der Waals surface area contributed by atoms with Crippen LogP contribution in [0.3, 0.4) is 0 Å². The van der Waals surface area contributed by atoms with Gasteiger partial charge in [0.05, 0.1) is 12.5 Å². The van der Waals surface area contributed by atoms with Gasteiger partial charge in [-0.05, 0) is 20.0 Å². The second kappa shape index (κ2) is 7.74. The summed E-state index contributed by atoms with van der Waals surface area (Å²) in [5.74, 6) is 0. The smallest absolute Gasteiger partial charge is 0.0946 e. The van der Waals surface area contributed by atoms with Crippen molar-refractivity contribution in [3.63, 3.8) is 0 Å². The molecular weight excluding hydrogens is 139 g/mol. The van der Waals surface area contributed by atoms with E-state index in [0.717, 1.165) is 0 Å². The molecule has 0 aliphatic carbocycles. The highest BCUT2D eigenvalue weighted by molar-refractivity contribution is 7.89. The van der Waals surface area contributed by atoms with Gasteiger partial charge < -0.3 is 4.55 Å². The Morgan fingerprint density at radius 1 is 1.12 bits per heavy atom. The van der Waals surface area contributed by atoms with Crippen molar-refractivity contribution >= 4 is 19.1 Å². The van der Waals surface area contributed by atoms with Crippen molar-refractivity contribution in [1.82, 2.24) is 0 Å². The van der Waals surface area contributed by atoms with Gasteiger partial charge in [0.1, 0.15) is 0 Å². The first-order valence-corrected chi connectivity index (χ1v) is 6.97. The van der Waals surface area contributed by atoms with Crippen LogP contribution in [0.1, 0.15) is 0 Å². The molecule has 0 aliphatic heterocycles. The molecule has 1 nitrogen and oxygen atoms in total. The van der Waals surface area contributed by atoms with Gasteiger partial charge in [-0.15, -0.1) is 7.92 Å². The summed E-state index contributed by atoms with van der Waals surface area (Å²) in [6.45, 7) is 6.69. The Labute approximate surface area is 56.8 Å². The molecule has 0 radical (unpaired) electrons. The number of hydrogen-bond donors (Lipinski definition) is 0. The molecule has 0 atom stereocenters. The summed E-state index contributed by atoms with van der Waals surface area (Å²) in [6.07, 6.45) is 3.28. The average Bonchev–Trinajstić information content (AvgIpc) is 1.25.